The minimum absolute atomic E-state index is 0. The summed E-state index contributed by atoms with van der Waals surface area (Å²) < 4.78 is 10.5. The Morgan fingerprint density at radius 1 is 0.838 bits per heavy atom. The van der Waals surface area contributed by atoms with Gasteiger partial charge in [0.25, 0.3) is 0 Å². The summed E-state index contributed by atoms with van der Waals surface area (Å²) in [6.45, 7) is 2.21. The van der Waals surface area contributed by atoms with Gasteiger partial charge in [-0.05, 0) is 28.7 Å². The van der Waals surface area contributed by atoms with Gasteiger partial charge in [-0.1, -0.05) is 66.2 Å². The summed E-state index contributed by atoms with van der Waals surface area (Å²) >= 11 is 0. The van der Waals surface area contributed by atoms with Gasteiger partial charge >= 0.3 is 0 Å². The zero-order valence-corrected chi connectivity index (χ0v) is 22.3. The van der Waals surface area contributed by atoms with Gasteiger partial charge in [-0.3, -0.25) is 0 Å². The Morgan fingerprint density at radius 2 is 1.68 bits per heavy atom. The minimum Gasteiger partial charge on any atom is -0.509 e. The van der Waals surface area contributed by atoms with Crippen molar-refractivity contribution < 1.29 is 30.5 Å². The number of rotatable bonds is 4. The molecule has 0 radical (unpaired) electrons. The molecule has 5 aromatic rings. The molecule has 1 aliphatic carbocycles. The number of allylic oxidation sites excluding steroid dienone is 2. The first-order valence-electron chi connectivity index (χ1n) is 12.2. The van der Waals surface area contributed by atoms with Crippen LogP contribution in [0.2, 0.25) is 0 Å². The number of azo groups is 2. The third kappa shape index (κ3) is 4.04. The first-order valence-corrected chi connectivity index (χ1v) is 12.2. The Labute approximate surface area is 229 Å². The molecule has 37 heavy (non-hydrogen) atoms. The molecule has 6 heteroatoms. The van der Waals surface area contributed by atoms with Crippen molar-refractivity contribution in [3.8, 4) is 17.3 Å². The number of benzene rings is 3. The molecule has 0 saturated carbocycles. The normalized spacial score (nSPS) is 20.0. The molecule has 3 aromatic carbocycles. The van der Waals surface area contributed by atoms with Gasteiger partial charge < -0.3 is 9.30 Å². The zero-order chi connectivity index (χ0) is 24.1. The maximum absolute atomic E-state index is 6.29. The van der Waals surface area contributed by atoms with E-state index in [1.54, 1.807) is 0 Å². The van der Waals surface area contributed by atoms with Crippen LogP contribution in [0.4, 0.5) is 5.69 Å². The van der Waals surface area contributed by atoms with E-state index in [1.807, 2.05) is 54.7 Å². The number of ether oxygens (including phenoxy) is 1. The molecule has 0 amide bonds. The van der Waals surface area contributed by atoms with E-state index in [-0.39, 0.29) is 33.1 Å². The molecule has 2 aromatic heterocycles. The second kappa shape index (κ2) is 9.57. The fraction of sp³-hybridized carbons (Fsp3) is 0.129. The van der Waals surface area contributed by atoms with Crippen LogP contribution in [0.15, 0.2) is 108 Å². The Balaban J connectivity index is 0.00000252. The van der Waals surface area contributed by atoms with E-state index in [0.717, 1.165) is 33.3 Å². The van der Waals surface area contributed by atoms with Gasteiger partial charge in [0, 0.05) is 51.2 Å². The predicted octanol–water partition coefficient (Wildman–Crippen LogP) is 7.18. The molecule has 3 unspecified atom stereocenters. The third-order valence-electron chi connectivity index (χ3n) is 7.00. The van der Waals surface area contributed by atoms with E-state index in [0.29, 0.717) is 17.4 Å². The van der Waals surface area contributed by atoms with E-state index in [1.165, 1.54) is 0 Å². The largest absolute Gasteiger partial charge is 0.509 e. The second-order valence-electron chi connectivity index (χ2n) is 9.17. The van der Waals surface area contributed by atoms with Crippen molar-refractivity contribution in [1.82, 2.24) is 9.55 Å². The molecular formula is C31H23N4OPt-. The molecule has 0 bridgehead atoms. The van der Waals surface area contributed by atoms with Crippen LogP contribution in [0.25, 0.3) is 27.6 Å². The summed E-state index contributed by atoms with van der Waals surface area (Å²) in [5.74, 6) is 2.48. The van der Waals surface area contributed by atoms with Crippen LogP contribution in [-0.2, 0) is 21.1 Å². The van der Waals surface area contributed by atoms with Crippen LogP contribution >= 0.6 is 0 Å². The van der Waals surface area contributed by atoms with E-state index >= 15 is 0 Å². The number of fused-ring (bicyclic) bond motifs is 4. The average molecular weight is 663 g/mol. The first-order chi connectivity index (χ1) is 17.8. The Hall–Kier alpha value is -3.82. The molecular weight excluding hydrogens is 639 g/mol. The van der Waals surface area contributed by atoms with E-state index in [4.69, 9.17) is 9.85 Å². The molecule has 7 rings (SSSR count). The molecule has 2 aliphatic rings. The number of hydrogen-bond acceptors (Lipinski definition) is 3. The summed E-state index contributed by atoms with van der Waals surface area (Å²) in [5, 5.41) is 7.17. The van der Waals surface area contributed by atoms with Crippen LogP contribution in [0, 0.1) is 18.1 Å². The number of nitrogens with zero attached hydrogens (tertiary/aromatic N) is 4. The molecule has 0 N–H and O–H groups in total. The van der Waals surface area contributed by atoms with Crippen LogP contribution in [0.5, 0.6) is 11.5 Å². The molecule has 3 heterocycles. The number of hydrogen-bond donors (Lipinski definition) is 0. The van der Waals surface area contributed by atoms with Crippen molar-refractivity contribution in [2.45, 2.75) is 19.0 Å². The predicted molar refractivity (Wildman–Crippen MR) is 140 cm³/mol. The van der Waals surface area contributed by atoms with Crippen LogP contribution in [0.1, 0.15) is 6.92 Å². The summed E-state index contributed by atoms with van der Waals surface area (Å²) in [7, 11) is 0. The molecule has 184 valence electrons. The van der Waals surface area contributed by atoms with Crippen LogP contribution < -0.4 is 4.74 Å². The van der Waals surface area contributed by atoms with E-state index in [2.05, 4.69) is 81.9 Å². The molecule has 3 atom stereocenters. The van der Waals surface area contributed by atoms with Crippen molar-refractivity contribution in [2.24, 2.45) is 11.0 Å². The SMILES string of the molecule is CC1C2C=CC=CC2N=[N+]1c1[c-]c(Oc2[c-]c3c(cc2)c2ccccc2n3-c2ccccn2)ccc1.[Pt]. The Kier molecular flexibility index (Phi) is 6.09. The first kappa shape index (κ1) is 23.6. The van der Waals surface area contributed by atoms with Gasteiger partial charge in [-0.15, -0.1) is 28.3 Å². The van der Waals surface area contributed by atoms with Gasteiger partial charge in [0.1, 0.15) is 17.5 Å². The van der Waals surface area contributed by atoms with Crippen molar-refractivity contribution in [3.05, 3.63) is 115 Å². The van der Waals surface area contributed by atoms with Crippen molar-refractivity contribution in [2.75, 3.05) is 0 Å². The summed E-state index contributed by atoms with van der Waals surface area (Å²) in [4.78, 5) is 4.60. The van der Waals surface area contributed by atoms with Gasteiger partial charge in [0.15, 0.2) is 6.04 Å². The maximum Gasteiger partial charge on any atom is 0.187 e. The van der Waals surface area contributed by atoms with Gasteiger partial charge in [-0.25, -0.2) is 4.98 Å². The number of aromatic nitrogens is 2. The Morgan fingerprint density at radius 3 is 2.54 bits per heavy atom. The quantitative estimate of drug-likeness (QED) is 0.151. The topological polar surface area (TPSA) is 42.4 Å². The monoisotopic (exact) mass is 662 g/mol. The standard InChI is InChI=1S/C31H23N4O.Pt/c1-21-25-11-2-4-13-28(25)33-35(21)22-9-8-10-23(19-22)36-24-16-17-27-26-12-3-5-14-29(26)34(30(27)20-24)31-15-6-7-18-32-31;/h2-18,21,25,28H,1H3;/q-1;. The molecule has 0 fully saturated rings. The smallest absolute Gasteiger partial charge is 0.187 e. The van der Waals surface area contributed by atoms with Crippen molar-refractivity contribution in [3.63, 3.8) is 0 Å². The Bertz CT molecular complexity index is 1700. The summed E-state index contributed by atoms with van der Waals surface area (Å²) in [5.41, 5.74) is 2.91. The van der Waals surface area contributed by atoms with E-state index < -0.39 is 0 Å². The second-order valence-corrected chi connectivity index (χ2v) is 9.17. The summed E-state index contributed by atoms with van der Waals surface area (Å²) in [6, 6.07) is 31.6. The van der Waals surface area contributed by atoms with E-state index in [9.17, 15) is 0 Å². The zero-order valence-electron chi connectivity index (χ0n) is 20.1. The molecule has 1 aliphatic heterocycles. The van der Waals surface area contributed by atoms with Crippen molar-refractivity contribution in [1.29, 1.82) is 0 Å². The average Bonchev–Trinajstić information content (AvgIpc) is 3.44. The van der Waals surface area contributed by atoms with Crippen LogP contribution in [-0.4, -0.2) is 26.3 Å². The molecule has 0 spiro atoms. The van der Waals surface area contributed by atoms with Crippen LogP contribution in [0.3, 0.4) is 0 Å². The minimum atomic E-state index is 0. The summed E-state index contributed by atoms with van der Waals surface area (Å²) in [6.07, 6.45) is 10.4. The van der Waals surface area contributed by atoms with Crippen molar-refractivity contribution >= 4 is 27.5 Å². The molecule has 5 nitrogen and oxygen atoms in total. The number of pyridine rings is 1. The van der Waals surface area contributed by atoms with Gasteiger partial charge in [-0.2, -0.15) is 12.1 Å². The maximum atomic E-state index is 6.29. The molecule has 0 saturated heterocycles. The fourth-order valence-electron chi connectivity index (χ4n) is 5.27. The number of para-hydroxylation sites is 1. The van der Waals surface area contributed by atoms with Gasteiger partial charge in [0.05, 0.1) is 5.92 Å². The third-order valence-corrected chi connectivity index (χ3v) is 7.00. The fourth-order valence-corrected chi connectivity index (χ4v) is 5.27. The van der Waals surface area contributed by atoms with Gasteiger partial charge in [0.2, 0.25) is 0 Å².